The Kier molecular flexibility index (Phi) is 2.12. The van der Waals surface area contributed by atoms with Crippen molar-refractivity contribution in [2.45, 2.75) is 25.7 Å². The summed E-state index contributed by atoms with van der Waals surface area (Å²) in [5, 5.41) is 0.734. The maximum Gasteiger partial charge on any atom is 0.140 e. The Labute approximate surface area is 82.7 Å². The smallest absolute Gasteiger partial charge is 0.140 e. The topological polar surface area (TPSA) is 17.1 Å². The zero-order valence-electron chi connectivity index (χ0n) is 7.51. The van der Waals surface area contributed by atoms with E-state index in [4.69, 9.17) is 11.6 Å². The quantitative estimate of drug-likeness (QED) is 0.672. The van der Waals surface area contributed by atoms with E-state index >= 15 is 0 Å². The van der Waals surface area contributed by atoms with Crippen molar-refractivity contribution in [3.63, 3.8) is 0 Å². The van der Waals surface area contributed by atoms with E-state index in [1.807, 2.05) is 25.1 Å². The van der Waals surface area contributed by atoms with Crippen molar-refractivity contribution in [1.82, 2.24) is 0 Å². The molecule has 0 aliphatic heterocycles. The number of ketones is 1. The van der Waals surface area contributed by atoms with Crippen molar-refractivity contribution in [2.24, 2.45) is 0 Å². The standard InChI is InChI=1S/C11H11ClO/c1-7-2-3-8(10(12)6-7)9-4-5-11(9)13/h2-3,6,9H,4-5H2,1H3/t9-/m0/s1. The minimum Gasteiger partial charge on any atom is -0.299 e. The fourth-order valence-electron chi connectivity index (χ4n) is 1.65. The Bertz CT molecular complexity index is 357. The van der Waals surface area contributed by atoms with Crippen LogP contribution >= 0.6 is 11.6 Å². The highest BCUT2D eigenvalue weighted by Crippen LogP contribution is 2.36. The number of hydrogen-bond acceptors (Lipinski definition) is 1. The highest BCUT2D eigenvalue weighted by Gasteiger charge is 2.30. The first-order valence-electron chi connectivity index (χ1n) is 4.47. The van der Waals surface area contributed by atoms with Gasteiger partial charge in [-0.25, -0.2) is 0 Å². The number of benzene rings is 1. The van der Waals surface area contributed by atoms with Gasteiger partial charge in [0.2, 0.25) is 0 Å². The largest absolute Gasteiger partial charge is 0.299 e. The Morgan fingerprint density at radius 1 is 1.46 bits per heavy atom. The maximum atomic E-state index is 11.2. The molecule has 1 aromatic rings. The lowest BCUT2D eigenvalue weighted by Crippen LogP contribution is -2.23. The number of carbonyl (C=O) groups excluding carboxylic acids is 1. The van der Waals surface area contributed by atoms with Gasteiger partial charge in [-0.05, 0) is 30.5 Å². The number of hydrogen-bond donors (Lipinski definition) is 0. The van der Waals surface area contributed by atoms with Gasteiger partial charge in [-0.1, -0.05) is 23.7 Å². The van der Waals surface area contributed by atoms with Gasteiger partial charge in [0.15, 0.2) is 0 Å². The number of halogens is 1. The molecule has 1 nitrogen and oxygen atoms in total. The van der Waals surface area contributed by atoms with Crippen LogP contribution in [0.2, 0.25) is 5.02 Å². The monoisotopic (exact) mass is 194 g/mol. The van der Waals surface area contributed by atoms with Crippen LogP contribution in [0.15, 0.2) is 18.2 Å². The molecule has 1 aliphatic rings. The van der Waals surface area contributed by atoms with Crippen LogP contribution in [0.25, 0.3) is 0 Å². The van der Waals surface area contributed by atoms with E-state index in [0.717, 1.165) is 29.0 Å². The summed E-state index contributed by atoms with van der Waals surface area (Å²) >= 11 is 6.05. The van der Waals surface area contributed by atoms with E-state index in [1.165, 1.54) is 0 Å². The highest BCUT2D eigenvalue weighted by atomic mass is 35.5. The molecule has 13 heavy (non-hydrogen) atoms. The van der Waals surface area contributed by atoms with E-state index in [-0.39, 0.29) is 5.92 Å². The summed E-state index contributed by atoms with van der Waals surface area (Å²) < 4.78 is 0. The van der Waals surface area contributed by atoms with Gasteiger partial charge in [-0.15, -0.1) is 0 Å². The van der Waals surface area contributed by atoms with E-state index in [1.54, 1.807) is 0 Å². The number of rotatable bonds is 1. The average molecular weight is 195 g/mol. The van der Waals surface area contributed by atoms with Crippen molar-refractivity contribution in [2.75, 3.05) is 0 Å². The molecule has 0 saturated heterocycles. The Hall–Kier alpha value is -0.820. The van der Waals surface area contributed by atoms with Crippen molar-refractivity contribution in [3.05, 3.63) is 34.3 Å². The minimum absolute atomic E-state index is 0.0769. The molecule has 1 aliphatic carbocycles. The minimum atomic E-state index is 0.0769. The molecule has 1 aromatic carbocycles. The van der Waals surface area contributed by atoms with Gasteiger partial charge in [0.05, 0.1) is 0 Å². The molecule has 0 radical (unpaired) electrons. The first kappa shape index (κ1) is 8.76. The Morgan fingerprint density at radius 3 is 2.69 bits per heavy atom. The summed E-state index contributed by atoms with van der Waals surface area (Å²) in [6, 6.07) is 5.90. The summed E-state index contributed by atoms with van der Waals surface area (Å²) in [5.74, 6) is 0.402. The summed E-state index contributed by atoms with van der Waals surface area (Å²) in [4.78, 5) is 11.2. The third kappa shape index (κ3) is 1.49. The molecule has 1 saturated carbocycles. The summed E-state index contributed by atoms with van der Waals surface area (Å²) in [6.07, 6.45) is 1.68. The van der Waals surface area contributed by atoms with Crippen LogP contribution in [0, 0.1) is 6.92 Å². The van der Waals surface area contributed by atoms with Crippen LogP contribution in [-0.4, -0.2) is 5.78 Å². The molecule has 2 rings (SSSR count). The van der Waals surface area contributed by atoms with Crippen molar-refractivity contribution in [1.29, 1.82) is 0 Å². The lowest BCUT2D eigenvalue weighted by Gasteiger charge is -2.25. The van der Waals surface area contributed by atoms with Gasteiger partial charge in [-0.2, -0.15) is 0 Å². The molecule has 0 N–H and O–H groups in total. The molecule has 0 heterocycles. The molecule has 1 fully saturated rings. The van der Waals surface area contributed by atoms with Crippen molar-refractivity contribution < 1.29 is 4.79 Å². The molecule has 0 unspecified atom stereocenters. The predicted molar refractivity (Wildman–Crippen MR) is 53.2 cm³/mol. The predicted octanol–water partition coefficient (Wildman–Crippen LogP) is 3.09. The third-order valence-electron chi connectivity index (χ3n) is 2.60. The summed E-state index contributed by atoms with van der Waals surface area (Å²) in [6.45, 7) is 2.00. The molecule has 0 spiro atoms. The van der Waals surface area contributed by atoms with Crippen molar-refractivity contribution >= 4 is 17.4 Å². The molecule has 68 valence electrons. The van der Waals surface area contributed by atoms with Gasteiger partial charge in [0.25, 0.3) is 0 Å². The molecule has 0 amide bonds. The van der Waals surface area contributed by atoms with Gasteiger partial charge in [0.1, 0.15) is 5.78 Å². The molecular weight excluding hydrogens is 184 g/mol. The number of aryl methyl sites for hydroxylation is 1. The number of carbonyl (C=O) groups is 1. The first-order chi connectivity index (χ1) is 6.18. The van der Waals surface area contributed by atoms with Crippen LogP contribution in [0.4, 0.5) is 0 Å². The first-order valence-corrected chi connectivity index (χ1v) is 4.85. The van der Waals surface area contributed by atoms with Gasteiger partial charge >= 0.3 is 0 Å². The Balaban J connectivity index is 2.35. The second-order valence-electron chi connectivity index (χ2n) is 3.58. The summed E-state index contributed by atoms with van der Waals surface area (Å²) in [5.41, 5.74) is 2.14. The van der Waals surface area contributed by atoms with Gasteiger partial charge in [-0.3, -0.25) is 4.79 Å². The van der Waals surface area contributed by atoms with Crippen LogP contribution in [0.3, 0.4) is 0 Å². The lowest BCUT2D eigenvalue weighted by molar-refractivity contribution is -0.125. The van der Waals surface area contributed by atoms with Crippen LogP contribution < -0.4 is 0 Å². The van der Waals surface area contributed by atoms with Crippen LogP contribution in [0.5, 0.6) is 0 Å². The van der Waals surface area contributed by atoms with E-state index < -0.39 is 0 Å². The second-order valence-corrected chi connectivity index (χ2v) is 3.99. The molecule has 0 aromatic heterocycles. The summed E-state index contributed by atoms with van der Waals surface area (Å²) in [7, 11) is 0. The van der Waals surface area contributed by atoms with Crippen molar-refractivity contribution in [3.8, 4) is 0 Å². The molecule has 0 bridgehead atoms. The second kappa shape index (κ2) is 3.15. The van der Waals surface area contributed by atoms with E-state index in [9.17, 15) is 4.79 Å². The zero-order valence-corrected chi connectivity index (χ0v) is 8.27. The van der Waals surface area contributed by atoms with Gasteiger partial charge in [0, 0.05) is 17.4 Å². The Morgan fingerprint density at radius 2 is 2.23 bits per heavy atom. The fourth-order valence-corrected chi connectivity index (χ4v) is 2.02. The SMILES string of the molecule is Cc1ccc([C@@H]2CCC2=O)c(Cl)c1. The molecule has 2 heteroatoms. The highest BCUT2D eigenvalue weighted by molar-refractivity contribution is 6.31. The third-order valence-corrected chi connectivity index (χ3v) is 2.93. The van der Waals surface area contributed by atoms with Crippen LogP contribution in [0.1, 0.15) is 29.9 Å². The number of Topliss-reactive ketones (excluding diaryl/α,β-unsaturated/α-hetero) is 1. The van der Waals surface area contributed by atoms with E-state index in [2.05, 4.69) is 0 Å². The average Bonchev–Trinajstić information content (AvgIpc) is 2.07. The van der Waals surface area contributed by atoms with Crippen LogP contribution in [-0.2, 0) is 4.79 Å². The normalized spacial score (nSPS) is 21.4. The fraction of sp³-hybridized carbons (Fsp3) is 0.364. The van der Waals surface area contributed by atoms with E-state index in [0.29, 0.717) is 5.78 Å². The molecular formula is C11H11ClO. The zero-order chi connectivity index (χ0) is 9.42. The van der Waals surface area contributed by atoms with Gasteiger partial charge < -0.3 is 0 Å². The maximum absolute atomic E-state index is 11.2. The lowest BCUT2D eigenvalue weighted by atomic mass is 9.78. The molecule has 1 atom stereocenters.